The van der Waals surface area contributed by atoms with Crippen molar-refractivity contribution in [3.05, 3.63) is 30.5 Å². The molecule has 1 aromatic carbocycles. The molecule has 2 aromatic rings. The highest BCUT2D eigenvalue weighted by atomic mass is 16.5. The smallest absolute Gasteiger partial charge is 0.145 e. The zero-order chi connectivity index (χ0) is 15.6. The molecule has 5 heteroatoms. The molecule has 2 aliphatic rings. The van der Waals surface area contributed by atoms with E-state index in [4.69, 9.17) is 14.2 Å². The number of nitrogens with zero attached hydrogens (tertiary/aromatic N) is 2. The Kier molecular flexibility index (Phi) is 4.06. The number of hydrogen-bond donors (Lipinski definition) is 0. The number of fused-ring (bicyclic) bond motifs is 1. The first-order valence-corrected chi connectivity index (χ1v) is 8.26. The summed E-state index contributed by atoms with van der Waals surface area (Å²) in [5, 5.41) is 1.12. The molecule has 2 saturated heterocycles. The summed E-state index contributed by atoms with van der Waals surface area (Å²) in [4.78, 5) is 6.88. The molecule has 1 aromatic heterocycles. The fourth-order valence-electron chi connectivity index (χ4n) is 3.59. The van der Waals surface area contributed by atoms with E-state index in [0.29, 0.717) is 0 Å². The van der Waals surface area contributed by atoms with Gasteiger partial charge in [0, 0.05) is 37.0 Å². The molecule has 2 fully saturated rings. The molecule has 0 spiro atoms. The van der Waals surface area contributed by atoms with Crippen LogP contribution in [0.25, 0.3) is 10.9 Å². The minimum Gasteiger partial charge on any atom is -0.494 e. The molecule has 0 aliphatic carbocycles. The van der Waals surface area contributed by atoms with Gasteiger partial charge in [-0.1, -0.05) is 12.1 Å². The molecule has 0 radical (unpaired) electrons. The van der Waals surface area contributed by atoms with E-state index in [-0.39, 0.29) is 12.2 Å². The van der Waals surface area contributed by atoms with Crippen LogP contribution in [0.15, 0.2) is 30.5 Å². The van der Waals surface area contributed by atoms with Gasteiger partial charge >= 0.3 is 0 Å². The van der Waals surface area contributed by atoms with Gasteiger partial charge in [0.1, 0.15) is 17.4 Å². The summed E-state index contributed by atoms with van der Waals surface area (Å²) in [5.74, 6) is 0.813. The van der Waals surface area contributed by atoms with Crippen molar-refractivity contribution in [1.82, 2.24) is 4.98 Å². The molecule has 4 rings (SSSR count). The number of methoxy groups -OCH3 is 1. The van der Waals surface area contributed by atoms with Gasteiger partial charge in [-0.05, 0) is 25.0 Å². The fraction of sp³-hybridized carbons (Fsp3) is 0.500. The van der Waals surface area contributed by atoms with E-state index < -0.39 is 0 Å². The number of pyridine rings is 1. The van der Waals surface area contributed by atoms with Crippen molar-refractivity contribution in [3.63, 3.8) is 0 Å². The largest absolute Gasteiger partial charge is 0.494 e. The van der Waals surface area contributed by atoms with Crippen molar-refractivity contribution in [2.45, 2.75) is 25.0 Å². The third-order valence-corrected chi connectivity index (χ3v) is 4.74. The summed E-state index contributed by atoms with van der Waals surface area (Å²) in [6, 6.07) is 8.16. The van der Waals surface area contributed by atoms with E-state index in [9.17, 15) is 0 Å². The molecule has 2 aliphatic heterocycles. The van der Waals surface area contributed by atoms with Crippen LogP contribution >= 0.6 is 0 Å². The topological polar surface area (TPSA) is 43.8 Å². The lowest BCUT2D eigenvalue weighted by Gasteiger charge is -2.37. The lowest BCUT2D eigenvalue weighted by molar-refractivity contribution is -0.0542. The van der Waals surface area contributed by atoms with Crippen LogP contribution in [-0.4, -0.2) is 50.6 Å². The van der Waals surface area contributed by atoms with Crippen LogP contribution in [0.5, 0.6) is 5.75 Å². The molecule has 0 saturated carbocycles. The molecule has 122 valence electrons. The predicted octanol–water partition coefficient (Wildman–Crippen LogP) is 2.63. The van der Waals surface area contributed by atoms with E-state index in [1.807, 2.05) is 18.3 Å². The van der Waals surface area contributed by atoms with Crippen molar-refractivity contribution >= 4 is 16.6 Å². The quantitative estimate of drug-likeness (QED) is 0.871. The molecule has 0 amide bonds. The third-order valence-electron chi connectivity index (χ3n) is 4.74. The Morgan fingerprint density at radius 1 is 1.17 bits per heavy atom. The molecule has 23 heavy (non-hydrogen) atoms. The summed E-state index contributed by atoms with van der Waals surface area (Å²) in [7, 11) is 1.69. The maximum atomic E-state index is 5.96. The monoisotopic (exact) mass is 314 g/mol. The third kappa shape index (κ3) is 2.75. The maximum absolute atomic E-state index is 5.96. The Morgan fingerprint density at radius 2 is 2.09 bits per heavy atom. The summed E-state index contributed by atoms with van der Waals surface area (Å²) in [6.45, 7) is 3.35. The summed E-state index contributed by atoms with van der Waals surface area (Å²) in [5.41, 5.74) is 2.10. The average Bonchev–Trinajstić information content (AvgIpc) is 3.15. The molecule has 2 atom stereocenters. The van der Waals surface area contributed by atoms with E-state index in [2.05, 4.69) is 22.0 Å². The zero-order valence-corrected chi connectivity index (χ0v) is 13.4. The molecule has 0 N–H and O–H groups in total. The minimum atomic E-state index is 0.153. The first kappa shape index (κ1) is 14.7. The van der Waals surface area contributed by atoms with Gasteiger partial charge in [-0.2, -0.15) is 0 Å². The van der Waals surface area contributed by atoms with Crippen molar-refractivity contribution in [3.8, 4) is 5.75 Å². The Bertz CT molecular complexity index is 685. The first-order chi connectivity index (χ1) is 11.4. The zero-order valence-electron chi connectivity index (χ0n) is 13.4. The maximum Gasteiger partial charge on any atom is 0.145 e. The van der Waals surface area contributed by atoms with Gasteiger partial charge in [0.15, 0.2) is 0 Å². The van der Waals surface area contributed by atoms with Gasteiger partial charge in [-0.15, -0.1) is 0 Å². The number of aromatic nitrogens is 1. The SMILES string of the molecule is COc1cccc2c(N3CCO[C@@H]([C@H]4CCCO4)C3)ccnc12. The normalized spacial score (nSPS) is 25.0. The summed E-state index contributed by atoms with van der Waals surface area (Å²) >= 11 is 0. The predicted molar refractivity (Wildman–Crippen MR) is 89.2 cm³/mol. The number of benzene rings is 1. The van der Waals surface area contributed by atoms with Crippen LogP contribution in [-0.2, 0) is 9.47 Å². The van der Waals surface area contributed by atoms with Crippen LogP contribution in [0.4, 0.5) is 5.69 Å². The lowest BCUT2D eigenvalue weighted by atomic mass is 10.1. The van der Waals surface area contributed by atoms with Crippen LogP contribution in [0.2, 0.25) is 0 Å². The Balaban J connectivity index is 1.65. The fourth-order valence-corrected chi connectivity index (χ4v) is 3.59. The van der Waals surface area contributed by atoms with Crippen LogP contribution in [0, 0.1) is 0 Å². The molecular weight excluding hydrogens is 292 g/mol. The van der Waals surface area contributed by atoms with E-state index in [1.165, 1.54) is 5.69 Å². The van der Waals surface area contributed by atoms with Gasteiger partial charge in [-0.3, -0.25) is 4.98 Å². The number of anilines is 1. The van der Waals surface area contributed by atoms with E-state index >= 15 is 0 Å². The van der Waals surface area contributed by atoms with E-state index in [0.717, 1.165) is 55.8 Å². The lowest BCUT2D eigenvalue weighted by Crippen LogP contribution is -2.47. The van der Waals surface area contributed by atoms with Crippen LogP contribution in [0.3, 0.4) is 0 Å². The van der Waals surface area contributed by atoms with Crippen LogP contribution in [0.1, 0.15) is 12.8 Å². The number of rotatable bonds is 3. The Hall–Kier alpha value is -1.85. The first-order valence-electron chi connectivity index (χ1n) is 8.26. The second kappa shape index (κ2) is 6.34. The summed E-state index contributed by atoms with van der Waals surface area (Å²) in [6.07, 6.45) is 4.49. The van der Waals surface area contributed by atoms with Crippen molar-refractivity contribution in [2.75, 3.05) is 38.3 Å². The minimum absolute atomic E-state index is 0.153. The molecule has 0 unspecified atom stereocenters. The van der Waals surface area contributed by atoms with Gasteiger partial charge in [-0.25, -0.2) is 0 Å². The Labute approximate surface area is 136 Å². The molecule has 3 heterocycles. The Morgan fingerprint density at radius 3 is 2.91 bits per heavy atom. The average molecular weight is 314 g/mol. The van der Waals surface area contributed by atoms with Gasteiger partial charge < -0.3 is 19.1 Å². The second-order valence-corrected chi connectivity index (χ2v) is 6.09. The van der Waals surface area contributed by atoms with Gasteiger partial charge in [0.2, 0.25) is 0 Å². The molecular formula is C18H22N2O3. The van der Waals surface area contributed by atoms with Crippen molar-refractivity contribution in [1.29, 1.82) is 0 Å². The summed E-state index contributed by atoms with van der Waals surface area (Å²) < 4.78 is 17.2. The van der Waals surface area contributed by atoms with Crippen molar-refractivity contribution < 1.29 is 14.2 Å². The molecule has 5 nitrogen and oxygen atoms in total. The highest BCUT2D eigenvalue weighted by Gasteiger charge is 2.31. The number of ether oxygens (including phenoxy) is 3. The van der Waals surface area contributed by atoms with Crippen LogP contribution < -0.4 is 9.64 Å². The van der Waals surface area contributed by atoms with Gasteiger partial charge in [0.05, 0.1) is 19.8 Å². The van der Waals surface area contributed by atoms with Crippen molar-refractivity contribution in [2.24, 2.45) is 0 Å². The number of hydrogen-bond acceptors (Lipinski definition) is 5. The standard InChI is InChI=1S/C18H22N2O3/c1-21-16-5-2-4-13-14(7-8-19-18(13)16)20-9-11-23-17(12-20)15-6-3-10-22-15/h2,4-5,7-8,15,17H,3,6,9-12H2,1H3/t15-,17-/m1/s1. The highest BCUT2D eigenvalue weighted by Crippen LogP contribution is 2.32. The number of para-hydroxylation sites is 1. The van der Waals surface area contributed by atoms with Gasteiger partial charge in [0.25, 0.3) is 0 Å². The van der Waals surface area contributed by atoms with E-state index in [1.54, 1.807) is 7.11 Å². The number of morpholine rings is 1. The second-order valence-electron chi connectivity index (χ2n) is 6.09. The molecule has 0 bridgehead atoms. The highest BCUT2D eigenvalue weighted by molar-refractivity contribution is 5.95.